The van der Waals surface area contributed by atoms with Crippen molar-refractivity contribution < 1.29 is 9.13 Å². The fraction of sp³-hybridized carbons (Fsp3) is 0.316. The van der Waals surface area contributed by atoms with Gasteiger partial charge in [0.2, 0.25) is 0 Å². The van der Waals surface area contributed by atoms with Crippen LogP contribution in [-0.4, -0.2) is 33.6 Å². The van der Waals surface area contributed by atoms with E-state index in [1.54, 1.807) is 18.6 Å². The van der Waals surface area contributed by atoms with Crippen LogP contribution in [-0.2, 0) is 6.54 Å². The molecule has 4 rings (SSSR count). The molecule has 134 valence electrons. The minimum absolute atomic E-state index is 0.0432. The van der Waals surface area contributed by atoms with E-state index in [4.69, 9.17) is 4.74 Å². The number of benzene rings is 1. The van der Waals surface area contributed by atoms with Crippen LogP contribution in [0.25, 0.3) is 11.0 Å². The average molecular weight is 353 g/mol. The van der Waals surface area contributed by atoms with Crippen LogP contribution in [0.4, 0.5) is 10.1 Å². The third-order valence-electron chi connectivity index (χ3n) is 4.46. The second-order valence-corrected chi connectivity index (χ2v) is 6.52. The van der Waals surface area contributed by atoms with Crippen molar-refractivity contribution in [1.29, 1.82) is 0 Å². The number of hydrogen-bond acceptors (Lipinski definition) is 6. The van der Waals surface area contributed by atoms with Gasteiger partial charge in [0.15, 0.2) is 11.6 Å². The molecule has 3 heterocycles. The molecule has 2 atom stereocenters. The number of nitrogens with zero attached hydrogens (tertiary/aromatic N) is 3. The van der Waals surface area contributed by atoms with E-state index in [1.165, 1.54) is 6.20 Å². The van der Waals surface area contributed by atoms with Gasteiger partial charge in [0, 0.05) is 37.9 Å². The Balaban J connectivity index is 1.51. The van der Waals surface area contributed by atoms with Crippen molar-refractivity contribution in [3.8, 4) is 5.75 Å². The highest BCUT2D eigenvalue weighted by molar-refractivity contribution is 5.74. The summed E-state index contributed by atoms with van der Waals surface area (Å²) < 4.78 is 20.2. The molecule has 2 N–H and O–H groups in total. The molecule has 1 aliphatic heterocycles. The Labute approximate surface area is 150 Å². The molecule has 1 saturated heterocycles. The molecule has 1 fully saturated rings. The number of halogens is 1. The first-order chi connectivity index (χ1) is 12.7. The topological polar surface area (TPSA) is 72.0 Å². The Morgan fingerprint density at radius 1 is 1.23 bits per heavy atom. The summed E-state index contributed by atoms with van der Waals surface area (Å²) in [7, 11) is 0. The Kier molecular flexibility index (Phi) is 4.62. The quantitative estimate of drug-likeness (QED) is 0.735. The van der Waals surface area contributed by atoms with Crippen LogP contribution in [0, 0.1) is 5.82 Å². The van der Waals surface area contributed by atoms with Crippen molar-refractivity contribution in [2.75, 3.05) is 11.9 Å². The van der Waals surface area contributed by atoms with E-state index >= 15 is 0 Å². The van der Waals surface area contributed by atoms with Gasteiger partial charge >= 0.3 is 0 Å². The normalized spacial score (nSPS) is 19.6. The molecule has 0 unspecified atom stereocenters. The Morgan fingerprint density at radius 2 is 2.08 bits per heavy atom. The molecule has 7 heteroatoms. The maximum absolute atomic E-state index is 14.3. The lowest BCUT2D eigenvalue weighted by Crippen LogP contribution is -2.21. The van der Waals surface area contributed by atoms with E-state index in [0.717, 1.165) is 23.0 Å². The second-order valence-electron chi connectivity index (χ2n) is 6.52. The van der Waals surface area contributed by atoms with Gasteiger partial charge < -0.3 is 15.4 Å². The summed E-state index contributed by atoms with van der Waals surface area (Å²) in [6.07, 6.45) is 6.91. The molecule has 6 nitrogen and oxygen atoms in total. The molecule has 2 aromatic heterocycles. The largest absolute Gasteiger partial charge is 0.484 e. The molecule has 0 saturated carbocycles. The second kappa shape index (κ2) is 7.21. The molecule has 0 spiro atoms. The van der Waals surface area contributed by atoms with E-state index in [9.17, 15) is 4.39 Å². The maximum atomic E-state index is 14.3. The fourth-order valence-corrected chi connectivity index (χ4v) is 3.14. The number of nitrogens with one attached hydrogen (secondary N) is 2. The number of fused-ring (bicyclic) bond motifs is 1. The van der Waals surface area contributed by atoms with Crippen molar-refractivity contribution in [1.82, 2.24) is 20.3 Å². The van der Waals surface area contributed by atoms with Crippen LogP contribution in [0.1, 0.15) is 18.9 Å². The molecule has 0 amide bonds. The highest BCUT2D eigenvalue weighted by Crippen LogP contribution is 2.29. The average Bonchev–Trinajstić information content (AvgIpc) is 3.07. The third kappa shape index (κ3) is 3.57. The van der Waals surface area contributed by atoms with Gasteiger partial charge in [0.25, 0.3) is 0 Å². The number of hydrogen-bond donors (Lipinski definition) is 2. The van der Waals surface area contributed by atoms with E-state index in [1.807, 2.05) is 18.2 Å². The van der Waals surface area contributed by atoms with E-state index in [2.05, 4.69) is 32.5 Å². The van der Waals surface area contributed by atoms with E-state index in [0.29, 0.717) is 24.8 Å². The Hall–Kier alpha value is -2.80. The van der Waals surface area contributed by atoms with Crippen LogP contribution in [0.5, 0.6) is 5.75 Å². The molecule has 1 aromatic carbocycles. The maximum Gasteiger partial charge on any atom is 0.185 e. The molecular formula is C19H20FN5O. The summed E-state index contributed by atoms with van der Waals surface area (Å²) in [5.74, 6) is -0.236. The van der Waals surface area contributed by atoms with Crippen molar-refractivity contribution in [3.63, 3.8) is 0 Å². The van der Waals surface area contributed by atoms with Gasteiger partial charge in [-0.25, -0.2) is 4.39 Å². The van der Waals surface area contributed by atoms with Gasteiger partial charge in [-0.3, -0.25) is 15.0 Å². The molecule has 0 bridgehead atoms. The van der Waals surface area contributed by atoms with Crippen LogP contribution in [0.15, 0.2) is 43.0 Å². The van der Waals surface area contributed by atoms with Crippen molar-refractivity contribution in [2.24, 2.45) is 0 Å². The molecule has 0 radical (unpaired) electrons. The summed E-state index contributed by atoms with van der Waals surface area (Å²) in [5.41, 5.74) is 3.23. The lowest BCUT2D eigenvalue weighted by Gasteiger charge is -2.17. The number of pyridine rings is 1. The summed E-state index contributed by atoms with van der Waals surface area (Å²) in [5, 5.41) is 6.53. The predicted octanol–water partition coefficient (Wildman–Crippen LogP) is 2.91. The molecule has 1 aliphatic rings. The highest BCUT2D eigenvalue weighted by atomic mass is 19.1. The monoisotopic (exact) mass is 353 g/mol. The SMILES string of the molecule is C[C@@H]1C[C@@H](Oc2c(F)cncc2NCc2ccc3nccnc3c2)CN1. The van der Waals surface area contributed by atoms with Crippen molar-refractivity contribution >= 4 is 16.7 Å². The highest BCUT2D eigenvalue weighted by Gasteiger charge is 2.24. The van der Waals surface area contributed by atoms with E-state index in [-0.39, 0.29) is 11.9 Å². The zero-order valence-electron chi connectivity index (χ0n) is 14.4. The molecule has 26 heavy (non-hydrogen) atoms. The zero-order chi connectivity index (χ0) is 17.9. The number of anilines is 1. The number of rotatable bonds is 5. The first-order valence-corrected chi connectivity index (χ1v) is 8.66. The minimum Gasteiger partial charge on any atom is -0.484 e. The van der Waals surface area contributed by atoms with Gasteiger partial charge in [0.1, 0.15) is 6.10 Å². The number of ether oxygens (including phenoxy) is 1. The lowest BCUT2D eigenvalue weighted by atomic mass is 10.2. The smallest absolute Gasteiger partial charge is 0.185 e. The predicted molar refractivity (Wildman–Crippen MR) is 97.6 cm³/mol. The van der Waals surface area contributed by atoms with Crippen LogP contribution in [0.2, 0.25) is 0 Å². The zero-order valence-corrected chi connectivity index (χ0v) is 14.4. The van der Waals surface area contributed by atoms with Crippen molar-refractivity contribution in [3.05, 3.63) is 54.4 Å². The summed E-state index contributed by atoms with van der Waals surface area (Å²) in [6.45, 7) is 3.31. The lowest BCUT2D eigenvalue weighted by molar-refractivity contribution is 0.211. The Bertz CT molecular complexity index is 919. The minimum atomic E-state index is -0.459. The third-order valence-corrected chi connectivity index (χ3v) is 4.46. The van der Waals surface area contributed by atoms with Crippen LogP contribution < -0.4 is 15.4 Å². The molecule has 0 aliphatic carbocycles. The van der Waals surface area contributed by atoms with Gasteiger partial charge in [-0.1, -0.05) is 6.07 Å². The van der Waals surface area contributed by atoms with E-state index < -0.39 is 5.82 Å². The Morgan fingerprint density at radius 3 is 2.88 bits per heavy atom. The first kappa shape index (κ1) is 16.7. The summed E-state index contributed by atoms with van der Waals surface area (Å²) in [4.78, 5) is 12.5. The fourth-order valence-electron chi connectivity index (χ4n) is 3.14. The van der Waals surface area contributed by atoms with Gasteiger partial charge in [-0.05, 0) is 24.6 Å². The van der Waals surface area contributed by atoms with Crippen molar-refractivity contribution in [2.45, 2.75) is 32.0 Å². The van der Waals surface area contributed by atoms with Gasteiger partial charge in [0.05, 0.1) is 29.1 Å². The number of aromatic nitrogens is 3. The standard InChI is InChI=1S/C19H20FN5O/c1-12-6-14(9-24-12)26-19-15(20)10-21-11-18(19)25-8-13-2-3-16-17(7-13)23-5-4-22-16/h2-5,7,10-12,14,24-25H,6,8-9H2,1H3/t12-,14-/m1/s1. The molecular weight excluding hydrogens is 333 g/mol. The summed E-state index contributed by atoms with van der Waals surface area (Å²) in [6, 6.07) is 6.23. The van der Waals surface area contributed by atoms with Crippen LogP contribution >= 0.6 is 0 Å². The molecule has 3 aromatic rings. The van der Waals surface area contributed by atoms with Gasteiger partial charge in [-0.15, -0.1) is 0 Å². The first-order valence-electron chi connectivity index (χ1n) is 8.66. The van der Waals surface area contributed by atoms with Crippen LogP contribution in [0.3, 0.4) is 0 Å². The van der Waals surface area contributed by atoms with Gasteiger partial charge in [-0.2, -0.15) is 0 Å². The summed E-state index contributed by atoms with van der Waals surface area (Å²) >= 11 is 0.